The average molecular weight is 274 g/mol. The Morgan fingerprint density at radius 3 is 2.75 bits per heavy atom. The zero-order chi connectivity index (χ0) is 11.1. The summed E-state index contributed by atoms with van der Waals surface area (Å²) in [5, 5.41) is 4.34. The van der Waals surface area contributed by atoms with E-state index in [9.17, 15) is 0 Å². The number of rotatable bonds is 1. The molecule has 0 unspecified atom stereocenters. The van der Waals surface area contributed by atoms with Crippen molar-refractivity contribution >= 4 is 46.8 Å². The van der Waals surface area contributed by atoms with Gasteiger partial charge in [-0.2, -0.15) is 0 Å². The van der Waals surface area contributed by atoms with E-state index >= 15 is 0 Å². The second-order valence-corrected chi connectivity index (χ2v) is 5.46. The SMILES string of the molecule is Clc1cc2c(cc1Cl)SNC(=NC1CC1)N2. The fraction of sp³-hybridized carbons (Fsp3) is 0.300. The van der Waals surface area contributed by atoms with Crippen LogP contribution in [-0.2, 0) is 0 Å². The number of halogens is 2. The molecule has 0 aromatic heterocycles. The summed E-state index contributed by atoms with van der Waals surface area (Å²) < 4.78 is 3.15. The fourth-order valence-corrected chi connectivity index (χ4v) is 2.51. The lowest BCUT2D eigenvalue weighted by molar-refractivity contribution is 1.05. The van der Waals surface area contributed by atoms with Crippen molar-refractivity contribution in [2.24, 2.45) is 4.99 Å². The van der Waals surface area contributed by atoms with Crippen LogP contribution in [0.5, 0.6) is 0 Å². The van der Waals surface area contributed by atoms with Gasteiger partial charge in [0, 0.05) is 0 Å². The molecule has 1 aliphatic carbocycles. The molecular formula is C10H9Cl2N3S. The lowest BCUT2D eigenvalue weighted by atomic mass is 10.3. The molecule has 2 aliphatic rings. The van der Waals surface area contributed by atoms with E-state index in [0.717, 1.165) is 16.5 Å². The average Bonchev–Trinajstić information content (AvgIpc) is 3.04. The van der Waals surface area contributed by atoms with Gasteiger partial charge in [0.05, 0.1) is 26.7 Å². The highest BCUT2D eigenvalue weighted by Crippen LogP contribution is 2.36. The van der Waals surface area contributed by atoms with Crippen LogP contribution < -0.4 is 10.0 Å². The molecule has 1 saturated carbocycles. The van der Waals surface area contributed by atoms with Crippen LogP contribution in [0.25, 0.3) is 0 Å². The van der Waals surface area contributed by atoms with E-state index in [2.05, 4.69) is 15.0 Å². The maximum absolute atomic E-state index is 5.97. The number of nitrogens with zero attached hydrogens (tertiary/aromatic N) is 1. The number of aliphatic imine (C=N–C) groups is 1. The Balaban J connectivity index is 1.90. The lowest BCUT2D eigenvalue weighted by Crippen LogP contribution is -2.29. The first-order chi connectivity index (χ1) is 7.72. The van der Waals surface area contributed by atoms with Gasteiger partial charge in [0.1, 0.15) is 0 Å². The molecule has 1 aliphatic heterocycles. The van der Waals surface area contributed by atoms with Crippen molar-refractivity contribution in [3.05, 3.63) is 22.2 Å². The minimum atomic E-state index is 0.486. The van der Waals surface area contributed by atoms with Gasteiger partial charge in [-0.15, -0.1) is 0 Å². The van der Waals surface area contributed by atoms with Crippen molar-refractivity contribution in [2.75, 3.05) is 5.32 Å². The van der Waals surface area contributed by atoms with E-state index < -0.39 is 0 Å². The van der Waals surface area contributed by atoms with Crippen LogP contribution in [0, 0.1) is 0 Å². The molecule has 1 heterocycles. The van der Waals surface area contributed by atoms with Gasteiger partial charge in [-0.1, -0.05) is 23.2 Å². The van der Waals surface area contributed by atoms with Crippen LogP contribution in [0.15, 0.2) is 22.0 Å². The van der Waals surface area contributed by atoms with E-state index in [1.54, 1.807) is 0 Å². The topological polar surface area (TPSA) is 36.4 Å². The van der Waals surface area contributed by atoms with Gasteiger partial charge in [0.25, 0.3) is 0 Å². The van der Waals surface area contributed by atoms with E-state index in [1.807, 2.05) is 12.1 Å². The van der Waals surface area contributed by atoms with Crippen LogP contribution in [0.3, 0.4) is 0 Å². The molecule has 1 aromatic rings. The third kappa shape index (κ3) is 2.10. The molecule has 0 saturated heterocycles. The van der Waals surface area contributed by atoms with Gasteiger partial charge in [-0.25, -0.2) is 4.99 Å². The minimum absolute atomic E-state index is 0.486. The molecular weight excluding hydrogens is 265 g/mol. The van der Waals surface area contributed by atoms with E-state index in [4.69, 9.17) is 23.2 Å². The van der Waals surface area contributed by atoms with Crippen molar-refractivity contribution in [1.82, 2.24) is 4.72 Å². The van der Waals surface area contributed by atoms with Crippen LogP contribution in [-0.4, -0.2) is 12.0 Å². The number of hydrogen-bond donors (Lipinski definition) is 2. The highest BCUT2D eigenvalue weighted by Gasteiger charge is 2.23. The second kappa shape index (κ2) is 4.02. The molecule has 6 heteroatoms. The van der Waals surface area contributed by atoms with E-state index in [0.29, 0.717) is 16.1 Å². The molecule has 1 aromatic carbocycles. The monoisotopic (exact) mass is 273 g/mol. The van der Waals surface area contributed by atoms with Crippen LogP contribution in [0.4, 0.5) is 5.69 Å². The standard InChI is InChI=1S/C10H9Cl2N3S/c11-6-3-8-9(4-7(6)12)16-15-10(14-8)13-5-1-2-5/h3-5H,1-2H2,(H2,13,14,15). The summed E-state index contributed by atoms with van der Waals surface area (Å²) in [5.41, 5.74) is 0.956. The molecule has 0 bridgehead atoms. The number of benzene rings is 1. The van der Waals surface area contributed by atoms with Gasteiger partial charge >= 0.3 is 0 Å². The van der Waals surface area contributed by atoms with Gasteiger partial charge in [-0.3, -0.25) is 4.72 Å². The van der Waals surface area contributed by atoms with Crippen molar-refractivity contribution in [2.45, 2.75) is 23.8 Å². The number of anilines is 1. The molecule has 0 amide bonds. The van der Waals surface area contributed by atoms with E-state index in [-0.39, 0.29) is 0 Å². The molecule has 84 valence electrons. The zero-order valence-corrected chi connectivity index (χ0v) is 10.6. The molecule has 2 N–H and O–H groups in total. The third-order valence-corrected chi connectivity index (χ3v) is 3.97. The maximum Gasteiger partial charge on any atom is 0.206 e. The summed E-state index contributed by atoms with van der Waals surface area (Å²) in [6, 6.07) is 4.16. The normalized spacial score (nSPS) is 21.2. The lowest BCUT2D eigenvalue weighted by Gasteiger charge is -2.20. The quantitative estimate of drug-likeness (QED) is 0.769. The minimum Gasteiger partial charge on any atom is -0.325 e. The number of hydrogen-bond acceptors (Lipinski definition) is 2. The van der Waals surface area contributed by atoms with Gasteiger partial charge in [-0.05, 0) is 36.9 Å². The number of guanidine groups is 1. The van der Waals surface area contributed by atoms with E-state index in [1.165, 1.54) is 24.8 Å². The molecule has 0 spiro atoms. The first-order valence-corrected chi connectivity index (χ1v) is 6.56. The largest absolute Gasteiger partial charge is 0.325 e. The Kier molecular flexibility index (Phi) is 2.65. The van der Waals surface area contributed by atoms with Crippen LogP contribution >= 0.6 is 35.1 Å². The Morgan fingerprint density at radius 1 is 1.25 bits per heavy atom. The van der Waals surface area contributed by atoms with Crippen molar-refractivity contribution in [3.63, 3.8) is 0 Å². The third-order valence-electron chi connectivity index (χ3n) is 2.39. The summed E-state index contributed by atoms with van der Waals surface area (Å²) in [6.45, 7) is 0. The zero-order valence-electron chi connectivity index (χ0n) is 8.26. The molecule has 3 rings (SSSR count). The summed E-state index contributed by atoms with van der Waals surface area (Å²) in [5.74, 6) is 0.804. The molecule has 3 nitrogen and oxygen atoms in total. The van der Waals surface area contributed by atoms with Crippen molar-refractivity contribution < 1.29 is 0 Å². The highest BCUT2D eigenvalue weighted by atomic mass is 35.5. The van der Waals surface area contributed by atoms with Crippen molar-refractivity contribution in [1.29, 1.82) is 0 Å². The Labute approximate surface area is 108 Å². The molecule has 1 fully saturated rings. The van der Waals surface area contributed by atoms with Gasteiger partial charge in [0.2, 0.25) is 5.96 Å². The van der Waals surface area contributed by atoms with Crippen LogP contribution in [0.2, 0.25) is 10.0 Å². The smallest absolute Gasteiger partial charge is 0.206 e. The summed E-state index contributed by atoms with van der Waals surface area (Å²) in [4.78, 5) is 5.53. The summed E-state index contributed by atoms with van der Waals surface area (Å²) in [7, 11) is 0. The predicted octanol–water partition coefficient (Wildman–Crippen LogP) is 3.53. The molecule has 16 heavy (non-hydrogen) atoms. The Hall–Kier alpha value is -0.580. The number of fused-ring (bicyclic) bond motifs is 1. The molecule has 0 radical (unpaired) electrons. The Bertz CT molecular complexity index is 471. The van der Waals surface area contributed by atoms with Gasteiger partial charge < -0.3 is 5.32 Å². The highest BCUT2D eigenvalue weighted by molar-refractivity contribution is 7.98. The first-order valence-electron chi connectivity index (χ1n) is 4.99. The fourth-order valence-electron chi connectivity index (χ4n) is 1.41. The summed E-state index contributed by atoms with van der Waals surface area (Å²) in [6.07, 6.45) is 2.37. The molecule has 0 atom stereocenters. The Morgan fingerprint density at radius 2 is 2.00 bits per heavy atom. The van der Waals surface area contributed by atoms with Crippen LogP contribution in [0.1, 0.15) is 12.8 Å². The maximum atomic E-state index is 5.97. The van der Waals surface area contributed by atoms with Crippen molar-refractivity contribution in [3.8, 4) is 0 Å². The summed E-state index contributed by atoms with van der Waals surface area (Å²) >= 11 is 13.4. The van der Waals surface area contributed by atoms with Gasteiger partial charge in [0.15, 0.2) is 0 Å². The predicted molar refractivity (Wildman–Crippen MR) is 69.5 cm³/mol. The first kappa shape index (κ1) is 10.6. The second-order valence-electron chi connectivity index (χ2n) is 3.80. The number of nitrogens with one attached hydrogen (secondary N) is 2.